The van der Waals surface area contributed by atoms with Gasteiger partial charge >= 0.3 is 0 Å². The molecule has 3 aromatic rings. The van der Waals surface area contributed by atoms with Gasteiger partial charge in [-0.05, 0) is 60.4 Å². The number of amides is 1. The number of carbonyl (C=O) groups is 1. The maximum absolute atomic E-state index is 11.3. The van der Waals surface area contributed by atoms with Crippen LogP contribution in [-0.2, 0) is 11.2 Å². The van der Waals surface area contributed by atoms with Gasteiger partial charge in [0.15, 0.2) is 11.5 Å². The quantitative estimate of drug-likeness (QED) is 0.418. The summed E-state index contributed by atoms with van der Waals surface area (Å²) >= 11 is 0. The Morgan fingerprint density at radius 2 is 1.74 bits per heavy atom. The minimum Gasteiger partial charge on any atom is -0.508 e. The third-order valence-electron chi connectivity index (χ3n) is 5.76. The number of methoxy groups -OCH3 is 2. The molecule has 0 unspecified atom stereocenters. The first-order valence-corrected chi connectivity index (χ1v) is 11.2. The van der Waals surface area contributed by atoms with Gasteiger partial charge in [-0.1, -0.05) is 18.2 Å². The minimum atomic E-state index is -0.0807. The molecule has 0 aliphatic carbocycles. The smallest absolute Gasteiger partial charge is 0.240 e. The van der Waals surface area contributed by atoms with Gasteiger partial charge in [-0.15, -0.1) is 0 Å². The van der Waals surface area contributed by atoms with E-state index in [2.05, 4.69) is 10.5 Å². The van der Waals surface area contributed by atoms with Crippen LogP contribution in [0.15, 0.2) is 70.8 Å². The van der Waals surface area contributed by atoms with Crippen LogP contribution in [0.1, 0.15) is 36.0 Å². The van der Waals surface area contributed by atoms with Crippen LogP contribution in [-0.4, -0.2) is 41.8 Å². The standard InChI is InChI=1S/C27H27N3O5/c1-34-25-13-4-17(15-26(25)35-2)3-11-23(21-10-9-20(31)16-24(21)32)28-19-7-5-18(6-8-19)22-12-14-27(33)30-29-22/h4-10,13,15-16,31-32H,3,11-12,14H2,1-2H3,(H,30,33). The number of aliphatic imine (C=N–C) groups is 1. The lowest BCUT2D eigenvalue weighted by Crippen LogP contribution is -2.25. The summed E-state index contributed by atoms with van der Waals surface area (Å²) in [6.07, 6.45) is 2.19. The van der Waals surface area contributed by atoms with E-state index in [0.29, 0.717) is 54.1 Å². The summed E-state index contributed by atoms with van der Waals surface area (Å²) in [6, 6.07) is 17.8. The maximum atomic E-state index is 11.3. The number of phenolic OH excluding ortho intramolecular Hbond substituents is 2. The van der Waals surface area contributed by atoms with Crippen molar-refractivity contribution in [1.82, 2.24) is 5.43 Å². The van der Waals surface area contributed by atoms with E-state index in [1.807, 2.05) is 42.5 Å². The molecule has 0 fully saturated rings. The number of rotatable bonds is 8. The Balaban J connectivity index is 1.61. The average molecular weight is 474 g/mol. The van der Waals surface area contributed by atoms with Gasteiger partial charge in [0.25, 0.3) is 0 Å². The molecule has 0 radical (unpaired) electrons. The molecule has 1 amide bonds. The fourth-order valence-corrected chi connectivity index (χ4v) is 3.88. The number of benzene rings is 3. The highest BCUT2D eigenvalue weighted by molar-refractivity contribution is 6.05. The zero-order chi connectivity index (χ0) is 24.8. The van der Waals surface area contributed by atoms with E-state index in [0.717, 1.165) is 16.8 Å². The molecule has 0 atom stereocenters. The van der Waals surface area contributed by atoms with Crippen LogP contribution in [0.4, 0.5) is 5.69 Å². The Bertz CT molecular complexity index is 1280. The number of nitrogens with zero attached hydrogens (tertiary/aromatic N) is 2. The third kappa shape index (κ3) is 5.78. The van der Waals surface area contributed by atoms with Crippen molar-refractivity contribution in [1.29, 1.82) is 0 Å². The van der Waals surface area contributed by atoms with Crippen LogP contribution in [0.5, 0.6) is 23.0 Å². The zero-order valence-electron chi connectivity index (χ0n) is 19.6. The summed E-state index contributed by atoms with van der Waals surface area (Å²) in [5.74, 6) is 1.16. The van der Waals surface area contributed by atoms with E-state index < -0.39 is 0 Å². The molecule has 180 valence electrons. The molecule has 3 aromatic carbocycles. The minimum absolute atomic E-state index is 0.0183. The molecule has 0 aromatic heterocycles. The van der Waals surface area contributed by atoms with Crippen LogP contribution >= 0.6 is 0 Å². The average Bonchev–Trinajstić information content (AvgIpc) is 2.87. The second-order valence-electron chi connectivity index (χ2n) is 8.09. The van der Waals surface area contributed by atoms with Crippen LogP contribution in [0.25, 0.3) is 0 Å². The van der Waals surface area contributed by atoms with Gasteiger partial charge in [0.05, 0.1) is 31.3 Å². The zero-order valence-corrected chi connectivity index (χ0v) is 19.6. The number of hydrogen-bond donors (Lipinski definition) is 3. The number of nitrogens with one attached hydrogen (secondary N) is 1. The van der Waals surface area contributed by atoms with Gasteiger partial charge in [0, 0.05) is 24.5 Å². The first-order chi connectivity index (χ1) is 17.0. The monoisotopic (exact) mass is 473 g/mol. The normalized spacial score (nSPS) is 13.7. The van der Waals surface area contributed by atoms with Crippen LogP contribution < -0.4 is 14.9 Å². The Labute approximate surface area is 203 Å². The molecule has 8 heteroatoms. The second kappa shape index (κ2) is 10.7. The van der Waals surface area contributed by atoms with E-state index in [9.17, 15) is 15.0 Å². The number of ether oxygens (including phenoxy) is 2. The number of hydrogen-bond acceptors (Lipinski definition) is 7. The lowest BCUT2D eigenvalue weighted by molar-refractivity contribution is -0.121. The summed E-state index contributed by atoms with van der Waals surface area (Å²) < 4.78 is 10.7. The summed E-state index contributed by atoms with van der Waals surface area (Å²) in [6.45, 7) is 0. The Hall–Kier alpha value is -4.33. The van der Waals surface area contributed by atoms with Crippen molar-refractivity contribution >= 4 is 23.0 Å². The molecule has 3 N–H and O–H groups in total. The van der Waals surface area contributed by atoms with E-state index >= 15 is 0 Å². The van der Waals surface area contributed by atoms with Crippen molar-refractivity contribution in [2.45, 2.75) is 25.7 Å². The highest BCUT2D eigenvalue weighted by atomic mass is 16.5. The molecule has 35 heavy (non-hydrogen) atoms. The topological polar surface area (TPSA) is 113 Å². The van der Waals surface area contributed by atoms with E-state index in [4.69, 9.17) is 14.5 Å². The van der Waals surface area contributed by atoms with Gasteiger partial charge in [0.1, 0.15) is 11.5 Å². The molecule has 0 saturated carbocycles. The van der Waals surface area contributed by atoms with Gasteiger partial charge in [-0.25, -0.2) is 5.43 Å². The largest absolute Gasteiger partial charge is 0.508 e. The molecule has 0 bridgehead atoms. The van der Waals surface area contributed by atoms with E-state index in [1.165, 1.54) is 12.1 Å². The fraction of sp³-hybridized carbons (Fsp3) is 0.222. The maximum Gasteiger partial charge on any atom is 0.240 e. The highest BCUT2D eigenvalue weighted by Gasteiger charge is 2.15. The molecule has 0 saturated heterocycles. The van der Waals surface area contributed by atoms with Crippen molar-refractivity contribution < 1.29 is 24.5 Å². The summed E-state index contributed by atoms with van der Waals surface area (Å²) in [5, 5.41) is 24.4. The Morgan fingerprint density at radius 1 is 0.971 bits per heavy atom. The molecular formula is C27H27N3O5. The SMILES string of the molecule is COc1ccc(CCC(=Nc2ccc(C3=NNC(=O)CC3)cc2)c2ccc(O)cc2O)cc1OC. The first-order valence-electron chi connectivity index (χ1n) is 11.2. The van der Waals surface area contributed by atoms with Crippen molar-refractivity contribution in [3.05, 3.63) is 77.4 Å². The fourth-order valence-electron chi connectivity index (χ4n) is 3.88. The van der Waals surface area contributed by atoms with Gasteiger partial charge in [-0.2, -0.15) is 5.10 Å². The highest BCUT2D eigenvalue weighted by Crippen LogP contribution is 2.30. The van der Waals surface area contributed by atoms with Gasteiger partial charge < -0.3 is 19.7 Å². The molecule has 0 spiro atoms. The summed E-state index contributed by atoms with van der Waals surface area (Å²) in [5.41, 5.74) is 7.22. The van der Waals surface area contributed by atoms with E-state index in [-0.39, 0.29) is 17.4 Å². The number of carbonyl (C=O) groups excluding carboxylic acids is 1. The molecular weight excluding hydrogens is 446 g/mol. The molecule has 1 aliphatic rings. The molecule has 1 heterocycles. The van der Waals surface area contributed by atoms with Crippen LogP contribution in [0.2, 0.25) is 0 Å². The Kier molecular flexibility index (Phi) is 7.30. The third-order valence-corrected chi connectivity index (χ3v) is 5.76. The van der Waals surface area contributed by atoms with Gasteiger partial charge in [-0.3, -0.25) is 9.79 Å². The summed E-state index contributed by atoms with van der Waals surface area (Å²) in [7, 11) is 3.19. The number of phenols is 2. The van der Waals surface area contributed by atoms with Gasteiger partial charge in [0.2, 0.25) is 5.91 Å². The predicted octanol–water partition coefficient (Wildman–Crippen LogP) is 4.48. The lowest BCUT2D eigenvalue weighted by Gasteiger charge is -2.13. The van der Waals surface area contributed by atoms with Crippen molar-refractivity contribution in [2.24, 2.45) is 10.1 Å². The molecule has 4 rings (SSSR count). The predicted molar refractivity (Wildman–Crippen MR) is 134 cm³/mol. The Morgan fingerprint density at radius 3 is 2.40 bits per heavy atom. The molecule has 8 nitrogen and oxygen atoms in total. The molecule has 1 aliphatic heterocycles. The number of aryl methyl sites for hydroxylation is 1. The number of aromatic hydroxyl groups is 2. The van der Waals surface area contributed by atoms with E-state index in [1.54, 1.807) is 20.3 Å². The van der Waals surface area contributed by atoms with Crippen molar-refractivity contribution in [3.8, 4) is 23.0 Å². The van der Waals surface area contributed by atoms with Crippen molar-refractivity contribution in [3.63, 3.8) is 0 Å². The van der Waals surface area contributed by atoms with Crippen LogP contribution in [0.3, 0.4) is 0 Å². The summed E-state index contributed by atoms with van der Waals surface area (Å²) in [4.78, 5) is 16.2. The lowest BCUT2D eigenvalue weighted by atomic mass is 10.00. The second-order valence-corrected chi connectivity index (χ2v) is 8.09. The van der Waals surface area contributed by atoms with Crippen LogP contribution in [0, 0.1) is 0 Å². The number of hydrazone groups is 1. The van der Waals surface area contributed by atoms with Crippen molar-refractivity contribution in [2.75, 3.05) is 14.2 Å². The first kappa shape index (κ1) is 23.8.